The summed E-state index contributed by atoms with van der Waals surface area (Å²) < 4.78 is 16.7. The Morgan fingerprint density at radius 2 is 0.726 bits per heavy atom. The first-order valence-corrected chi connectivity index (χ1v) is 25.0. The molecule has 0 bridgehead atoms. The fraction of sp³-hybridized carbons (Fsp3) is 0.625. The standard InChI is InChI=1S/C56H90O6/c1-4-7-10-13-16-19-22-25-27-28-29-32-34-37-40-43-46-49-55(58)61-52-53(51-60-54(57)48-45-42-39-36-33-30-24-21-18-15-12-9-6-3)62-56(59)50-47-44-41-38-35-31-26-23-20-17-14-11-8-5-2/h7,10,13,16,19,22,25,27-35,39,42,53H,4-6,8-9,11-12,14-15,17-18,20-21,23-24,26,36-38,40-41,43-52H2,1-3H3/b10-7-,16-13-,22-19-,27-25-,29-28+,33-30-,34-32-,35-31-,42-39-. The molecule has 6 heteroatoms. The average molecular weight is 859 g/mol. The van der Waals surface area contributed by atoms with Gasteiger partial charge >= 0.3 is 17.9 Å². The quantitative estimate of drug-likeness (QED) is 0.0200. The van der Waals surface area contributed by atoms with Gasteiger partial charge < -0.3 is 14.2 Å². The molecule has 0 spiro atoms. The van der Waals surface area contributed by atoms with Gasteiger partial charge in [0.05, 0.1) is 0 Å². The van der Waals surface area contributed by atoms with Gasteiger partial charge in [-0.05, 0) is 83.5 Å². The zero-order valence-corrected chi connectivity index (χ0v) is 39.8. The average Bonchev–Trinajstić information content (AvgIpc) is 3.27. The number of hydrogen-bond donors (Lipinski definition) is 0. The molecule has 1 atom stereocenters. The summed E-state index contributed by atoms with van der Waals surface area (Å²) in [7, 11) is 0. The molecule has 0 aromatic rings. The molecular formula is C56H90O6. The fourth-order valence-electron chi connectivity index (χ4n) is 6.40. The van der Waals surface area contributed by atoms with E-state index in [0.717, 1.165) is 77.0 Å². The predicted molar refractivity (Wildman–Crippen MR) is 265 cm³/mol. The molecule has 0 rings (SSSR count). The van der Waals surface area contributed by atoms with Gasteiger partial charge in [-0.3, -0.25) is 14.4 Å². The van der Waals surface area contributed by atoms with E-state index in [1.807, 2.05) is 66.8 Å². The predicted octanol–water partition coefficient (Wildman–Crippen LogP) is 16.4. The third kappa shape index (κ3) is 47.1. The minimum atomic E-state index is -0.828. The van der Waals surface area contributed by atoms with E-state index < -0.39 is 6.10 Å². The van der Waals surface area contributed by atoms with Crippen LogP contribution in [-0.2, 0) is 28.6 Å². The van der Waals surface area contributed by atoms with Gasteiger partial charge in [0.2, 0.25) is 0 Å². The van der Waals surface area contributed by atoms with E-state index in [2.05, 4.69) is 63.3 Å². The van der Waals surface area contributed by atoms with Gasteiger partial charge in [-0.25, -0.2) is 0 Å². The third-order valence-electron chi connectivity index (χ3n) is 10.2. The molecule has 0 N–H and O–H groups in total. The highest BCUT2D eigenvalue weighted by Crippen LogP contribution is 2.12. The molecule has 0 aromatic heterocycles. The van der Waals surface area contributed by atoms with E-state index in [-0.39, 0.29) is 44.0 Å². The van der Waals surface area contributed by atoms with Crippen LogP contribution in [0.2, 0.25) is 0 Å². The van der Waals surface area contributed by atoms with Crippen LogP contribution in [0.25, 0.3) is 0 Å². The summed E-state index contributed by atoms with van der Waals surface area (Å²) >= 11 is 0. The van der Waals surface area contributed by atoms with Crippen molar-refractivity contribution in [1.29, 1.82) is 0 Å². The molecule has 0 saturated heterocycles. The molecule has 0 heterocycles. The summed E-state index contributed by atoms with van der Waals surface area (Å²) in [6, 6.07) is 0. The van der Waals surface area contributed by atoms with Crippen molar-refractivity contribution in [2.75, 3.05) is 13.2 Å². The van der Waals surface area contributed by atoms with Gasteiger partial charge in [0.25, 0.3) is 0 Å². The zero-order valence-electron chi connectivity index (χ0n) is 39.8. The van der Waals surface area contributed by atoms with E-state index in [1.54, 1.807) is 0 Å². The molecule has 6 nitrogen and oxygen atoms in total. The number of allylic oxidation sites excluding steroid dienone is 18. The van der Waals surface area contributed by atoms with Crippen molar-refractivity contribution in [1.82, 2.24) is 0 Å². The smallest absolute Gasteiger partial charge is 0.306 e. The van der Waals surface area contributed by atoms with Gasteiger partial charge in [-0.1, -0.05) is 214 Å². The molecule has 0 fully saturated rings. The molecular weight excluding hydrogens is 769 g/mol. The molecule has 0 aromatic carbocycles. The maximum absolute atomic E-state index is 12.8. The van der Waals surface area contributed by atoms with Crippen molar-refractivity contribution < 1.29 is 28.6 Å². The summed E-state index contributed by atoms with van der Waals surface area (Å²) in [5.74, 6) is -1.06. The van der Waals surface area contributed by atoms with Crippen LogP contribution in [0.15, 0.2) is 109 Å². The minimum absolute atomic E-state index is 0.126. The van der Waals surface area contributed by atoms with E-state index >= 15 is 0 Å². The van der Waals surface area contributed by atoms with Crippen LogP contribution in [0, 0.1) is 0 Å². The number of rotatable bonds is 43. The Morgan fingerprint density at radius 1 is 0.355 bits per heavy atom. The lowest BCUT2D eigenvalue weighted by molar-refractivity contribution is -0.166. The van der Waals surface area contributed by atoms with Gasteiger partial charge in [0.1, 0.15) is 13.2 Å². The van der Waals surface area contributed by atoms with Crippen LogP contribution in [0.3, 0.4) is 0 Å². The molecule has 0 aliphatic heterocycles. The van der Waals surface area contributed by atoms with Crippen LogP contribution in [0.4, 0.5) is 0 Å². The Kier molecular flexibility index (Phi) is 46.6. The second-order valence-electron chi connectivity index (χ2n) is 16.1. The Bertz CT molecular complexity index is 1310. The van der Waals surface area contributed by atoms with Crippen molar-refractivity contribution in [2.24, 2.45) is 0 Å². The number of unbranched alkanes of at least 4 members (excludes halogenated alkanes) is 19. The van der Waals surface area contributed by atoms with Crippen LogP contribution < -0.4 is 0 Å². The first kappa shape index (κ1) is 58.1. The van der Waals surface area contributed by atoms with Gasteiger partial charge in [-0.2, -0.15) is 0 Å². The number of hydrogen-bond acceptors (Lipinski definition) is 6. The lowest BCUT2D eigenvalue weighted by Crippen LogP contribution is -2.30. The summed E-state index contributed by atoms with van der Waals surface area (Å²) in [5.41, 5.74) is 0. The molecule has 0 aliphatic carbocycles. The Balaban J connectivity index is 4.58. The van der Waals surface area contributed by atoms with E-state index in [1.165, 1.54) is 83.5 Å². The van der Waals surface area contributed by atoms with Crippen LogP contribution in [0.1, 0.15) is 207 Å². The topological polar surface area (TPSA) is 78.9 Å². The maximum Gasteiger partial charge on any atom is 0.306 e. The van der Waals surface area contributed by atoms with Crippen LogP contribution in [0.5, 0.6) is 0 Å². The van der Waals surface area contributed by atoms with E-state index in [9.17, 15) is 14.4 Å². The van der Waals surface area contributed by atoms with Gasteiger partial charge in [-0.15, -0.1) is 0 Å². The van der Waals surface area contributed by atoms with E-state index in [0.29, 0.717) is 12.8 Å². The number of ether oxygens (including phenoxy) is 3. The summed E-state index contributed by atoms with van der Waals surface area (Å²) in [6.07, 6.45) is 66.5. The summed E-state index contributed by atoms with van der Waals surface area (Å²) in [4.78, 5) is 37.9. The molecule has 0 aliphatic rings. The van der Waals surface area contributed by atoms with E-state index in [4.69, 9.17) is 14.2 Å². The zero-order chi connectivity index (χ0) is 45.1. The largest absolute Gasteiger partial charge is 0.462 e. The fourth-order valence-corrected chi connectivity index (χ4v) is 6.40. The number of carbonyl (C=O) groups is 3. The Hall–Kier alpha value is -3.93. The second kappa shape index (κ2) is 49.7. The van der Waals surface area contributed by atoms with Crippen molar-refractivity contribution in [3.63, 3.8) is 0 Å². The lowest BCUT2D eigenvalue weighted by Gasteiger charge is -2.18. The molecule has 1 unspecified atom stereocenters. The molecule has 62 heavy (non-hydrogen) atoms. The normalized spacial score (nSPS) is 13.0. The van der Waals surface area contributed by atoms with Crippen LogP contribution >= 0.6 is 0 Å². The SMILES string of the molecule is CC\C=C/C=C\C=C/C=C\C=C\C=C/CCCCCC(=O)OCC(COC(=O)CC/C=C\C/C=C\CCCCCCCC)OC(=O)CCCCC/C=C\CCCCCCCCC. The summed E-state index contributed by atoms with van der Waals surface area (Å²) in [5, 5.41) is 0. The van der Waals surface area contributed by atoms with Crippen LogP contribution in [-0.4, -0.2) is 37.2 Å². The van der Waals surface area contributed by atoms with Crippen molar-refractivity contribution in [3.8, 4) is 0 Å². The maximum atomic E-state index is 12.8. The first-order chi connectivity index (χ1) is 30.5. The molecule has 0 amide bonds. The Morgan fingerprint density at radius 3 is 1.23 bits per heavy atom. The van der Waals surface area contributed by atoms with Gasteiger partial charge in [0.15, 0.2) is 6.10 Å². The second-order valence-corrected chi connectivity index (χ2v) is 16.1. The summed E-state index contributed by atoms with van der Waals surface area (Å²) in [6.45, 7) is 6.36. The third-order valence-corrected chi connectivity index (χ3v) is 10.2. The number of esters is 3. The first-order valence-electron chi connectivity index (χ1n) is 25.0. The van der Waals surface area contributed by atoms with Gasteiger partial charge in [0, 0.05) is 19.3 Å². The highest BCUT2D eigenvalue weighted by atomic mass is 16.6. The minimum Gasteiger partial charge on any atom is -0.462 e. The highest BCUT2D eigenvalue weighted by molar-refractivity contribution is 5.71. The lowest BCUT2D eigenvalue weighted by atomic mass is 10.1. The van der Waals surface area contributed by atoms with Crippen molar-refractivity contribution in [2.45, 2.75) is 213 Å². The molecule has 0 saturated carbocycles. The molecule has 0 radical (unpaired) electrons. The Labute approximate surface area is 380 Å². The van der Waals surface area contributed by atoms with Crippen molar-refractivity contribution >= 4 is 17.9 Å². The highest BCUT2D eigenvalue weighted by Gasteiger charge is 2.19. The molecule has 350 valence electrons. The van der Waals surface area contributed by atoms with Crippen molar-refractivity contribution in [3.05, 3.63) is 109 Å². The number of carbonyl (C=O) groups excluding carboxylic acids is 3. The monoisotopic (exact) mass is 859 g/mol.